The van der Waals surface area contributed by atoms with Crippen LogP contribution in [0.15, 0.2) is 84.9 Å². The van der Waals surface area contributed by atoms with E-state index in [4.69, 9.17) is 11.5 Å². The summed E-state index contributed by atoms with van der Waals surface area (Å²) in [5.41, 5.74) is 24.6. The second-order valence-corrected chi connectivity index (χ2v) is 13.9. The normalized spacial score (nSPS) is 11.4. The maximum absolute atomic E-state index is 5.96. The number of rotatable bonds is 20. The fourth-order valence-corrected chi connectivity index (χ4v) is 6.84. The Balaban J connectivity index is 1.28. The van der Waals surface area contributed by atoms with Crippen LogP contribution in [0.1, 0.15) is 128 Å². The van der Waals surface area contributed by atoms with Gasteiger partial charge in [0.1, 0.15) is 0 Å². The molecule has 0 radical (unpaired) electrons. The molecular weight excluding hydrogens is 556 g/mol. The average molecular weight is 617 g/mol. The molecule has 0 amide bonds. The van der Waals surface area contributed by atoms with Crippen LogP contribution < -0.4 is 11.5 Å². The van der Waals surface area contributed by atoms with E-state index in [0.717, 1.165) is 30.1 Å². The molecule has 0 unspecified atom stereocenters. The van der Waals surface area contributed by atoms with Crippen molar-refractivity contribution in [2.75, 3.05) is 11.5 Å². The molecule has 4 N–H and O–H groups in total. The van der Waals surface area contributed by atoms with Gasteiger partial charge in [-0.2, -0.15) is 0 Å². The van der Waals surface area contributed by atoms with E-state index < -0.39 is 0 Å². The molecule has 0 heterocycles. The summed E-state index contributed by atoms with van der Waals surface area (Å²) >= 11 is 0. The first-order valence-electron chi connectivity index (χ1n) is 18.2. The zero-order valence-electron chi connectivity index (χ0n) is 29.1. The van der Waals surface area contributed by atoms with Crippen LogP contribution in [0, 0.1) is 19.8 Å². The van der Waals surface area contributed by atoms with E-state index in [-0.39, 0.29) is 0 Å². The van der Waals surface area contributed by atoms with Crippen molar-refractivity contribution >= 4 is 11.4 Å². The molecule has 0 bridgehead atoms. The number of unbranched alkanes of at least 4 members (excludes halogenated alkanes) is 8. The van der Waals surface area contributed by atoms with E-state index in [1.165, 1.54) is 134 Å². The van der Waals surface area contributed by atoms with Crippen molar-refractivity contribution in [3.8, 4) is 0 Å². The minimum Gasteiger partial charge on any atom is -0.399 e. The lowest BCUT2D eigenvalue weighted by Gasteiger charge is -2.18. The molecule has 0 atom stereocenters. The third kappa shape index (κ3) is 12.3. The highest BCUT2D eigenvalue weighted by Crippen LogP contribution is 2.25. The van der Waals surface area contributed by atoms with Crippen LogP contribution in [0.5, 0.6) is 0 Å². The highest BCUT2D eigenvalue weighted by Gasteiger charge is 2.11. The summed E-state index contributed by atoms with van der Waals surface area (Å²) in [5, 5.41) is 0. The highest BCUT2D eigenvalue weighted by atomic mass is 14.5. The van der Waals surface area contributed by atoms with Gasteiger partial charge in [0.05, 0.1) is 0 Å². The SMILES string of the molecule is CCCCCCCCCCCC(CCc1ccc(Cc2ccc(N)cc2C)cc1)CCc1ccc(Cc2ccc(N)cc2C)cc1. The highest BCUT2D eigenvalue weighted by molar-refractivity contribution is 5.46. The first kappa shape index (κ1) is 35.3. The van der Waals surface area contributed by atoms with Gasteiger partial charge in [-0.1, -0.05) is 132 Å². The predicted molar refractivity (Wildman–Crippen MR) is 202 cm³/mol. The molecule has 0 spiro atoms. The molecule has 0 aliphatic rings. The third-order valence-corrected chi connectivity index (χ3v) is 9.97. The second-order valence-electron chi connectivity index (χ2n) is 13.9. The summed E-state index contributed by atoms with van der Waals surface area (Å²) in [7, 11) is 0. The van der Waals surface area contributed by atoms with E-state index >= 15 is 0 Å². The maximum atomic E-state index is 5.96. The lowest BCUT2D eigenvalue weighted by atomic mass is 9.88. The fraction of sp³-hybridized carbons (Fsp3) is 0.455. The summed E-state index contributed by atoms with van der Waals surface area (Å²) in [5.74, 6) is 0.777. The smallest absolute Gasteiger partial charge is 0.0316 e. The van der Waals surface area contributed by atoms with Crippen LogP contribution in [0.2, 0.25) is 0 Å². The molecule has 0 saturated carbocycles. The molecule has 0 aliphatic carbocycles. The Bertz CT molecular complexity index is 1330. The molecule has 0 fully saturated rings. The molecule has 4 aromatic rings. The number of anilines is 2. The summed E-state index contributed by atoms with van der Waals surface area (Å²) in [6, 6.07) is 31.3. The van der Waals surface area contributed by atoms with Crippen LogP contribution >= 0.6 is 0 Å². The summed E-state index contributed by atoms with van der Waals surface area (Å²) < 4.78 is 0. The van der Waals surface area contributed by atoms with Crippen LogP contribution in [0.3, 0.4) is 0 Å². The molecule has 246 valence electrons. The van der Waals surface area contributed by atoms with Crippen molar-refractivity contribution < 1.29 is 0 Å². The fourth-order valence-electron chi connectivity index (χ4n) is 6.84. The zero-order valence-corrected chi connectivity index (χ0v) is 29.1. The number of hydrogen-bond acceptors (Lipinski definition) is 2. The van der Waals surface area contributed by atoms with Crippen molar-refractivity contribution in [3.05, 3.63) is 129 Å². The van der Waals surface area contributed by atoms with Crippen molar-refractivity contribution in [2.24, 2.45) is 5.92 Å². The quantitative estimate of drug-likeness (QED) is 0.0766. The molecule has 0 aromatic heterocycles. The number of nitrogens with two attached hydrogens (primary N) is 2. The van der Waals surface area contributed by atoms with Crippen molar-refractivity contribution in [2.45, 2.75) is 124 Å². The first-order chi connectivity index (χ1) is 22.4. The van der Waals surface area contributed by atoms with Gasteiger partial charge >= 0.3 is 0 Å². The van der Waals surface area contributed by atoms with E-state index in [9.17, 15) is 0 Å². The van der Waals surface area contributed by atoms with Gasteiger partial charge in [0.2, 0.25) is 0 Å². The summed E-state index contributed by atoms with van der Waals surface area (Å²) in [4.78, 5) is 0. The third-order valence-electron chi connectivity index (χ3n) is 9.97. The van der Waals surface area contributed by atoms with Crippen molar-refractivity contribution in [3.63, 3.8) is 0 Å². The molecule has 0 saturated heterocycles. The topological polar surface area (TPSA) is 52.0 Å². The molecule has 46 heavy (non-hydrogen) atoms. The Morgan fingerprint density at radius 3 is 1.26 bits per heavy atom. The van der Waals surface area contributed by atoms with Crippen LogP contribution in [0.4, 0.5) is 11.4 Å². The van der Waals surface area contributed by atoms with E-state index in [1.54, 1.807) is 0 Å². The monoisotopic (exact) mass is 616 g/mol. The number of aryl methyl sites for hydroxylation is 4. The molecule has 4 rings (SSSR count). The Morgan fingerprint density at radius 2 is 0.848 bits per heavy atom. The standard InChI is InChI=1S/C44H60N2/c1-4-5-6-7-8-9-10-11-12-13-36(14-16-37-18-22-39(23-19-37)32-41-26-28-43(45)30-34(41)2)15-17-38-20-24-40(25-21-38)33-42-27-29-44(46)31-35(42)3/h18-31,36H,4-17,32-33,45-46H2,1-3H3. The predicted octanol–water partition coefficient (Wildman–Crippen LogP) is 11.8. The minimum atomic E-state index is 0.777. The molecule has 4 aromatic carbocycles. The van der Waals surface area contributed by atoms with Gasteiger partial charge in [-0.3, -0.25) is 0 Å². The number of nitrogen functional groups attached to an aromatic ring is 2. The van der Waals surface area contributed by atoms with E-state index in [1.807, 2.05) is 12.1 Å². The van der Waals surface area contributed by atoms with Gasteiger partial charge in [0.25, 0.3) is 0 Å². The zero-order chi connectivity index (χ0) is 32.6. The van der Waals surface area contributed by atoms with Crippen LogP contribution in [0.25, 0.3) is 0 Å². The average Bonchev–Trinajstić information content (AvgIpc) is 3.05. The second kappa shape index (κ2) is 19.2. The van der Waals surface area contributed by atoms with Gasteiger partial charge in [0, 0.05) is 11.4 Å². The van der Waals surface area contributed by atoms with Crippen molar-refractivity contribution in [1.82, 2.24) is 0 Å². The summed E-state index contributed by atoms with van der Waals surface area (Å²) in [6.45, 7) is 6.61. The van der Waals surface area contributed by atoms with E-state index in [2.05, 4.69) is 93.6 Å². The van der Waals surface area contributed by atoms with Gasteiger partial charge in [-0.05, 0) is 127 Å². The van der Waals surface area contributed by atoms with Gasteiger partial charge in [0.15, 0.2) is 0 Å². The first-order valence-corrected chi connectivity index (χ1v) is 18.2. The van der Waals surface area contributed by atoms with Crippen LogP contribution in [-0.4, -0.2) is 0 Å². The molecule has 0 aliphatic heterocycles. The minimum absolute atomic E-state index is 0.777. The lowest BCUT2D eigenvalue weighted by molar-refractivity contribution is 0.397. The number of benzene rings is 4. The Labute approximate surface area is 281 Å². The molecule has 2 nitrogen and oxygen atoms in total. The Hall–Kier alpha value is -3.52. The number of hydrogen-bond donors (Lipinski definition) is 2. The van der Waals surface area contributed by atoms with Crippen LogP contribution in [-0.2, 0) is 25.7 Å². The van der Waals surface area contributed by atoms with E-state index in [0.29, 0.717) is 0 Å². The van der Waals surface area contributed by atoms with Crippen molar-refractivity contribution in [1.29, 1.82) is 0 Å². The Kier molecular flexibility index (Phi) is 14.8. The Morgan fingerprint density at radius 1 is 0.457 bits per heavy atom. The lowest BCUT2D eigenvalue weighted by Crippen LogP contribution is -2.05. The van der Waals surface area contributed by atoms with Gasteiger partial charge in [-0.15, -0.1) is 0 Å². The van der Waals surface area contributed by atoms with Gasteiger partial charge in [-0.25, -0.2) is 0 Å². The molecular formula is C44H60N2. The van der Waals surface area contributed by atoms with Gasteiger partial charge < -0.3 is 11.5 Å². The molecule has 2 heteroatoms. The maximum Gasteiger partial charge on any atom is 0.0316 e. The summed E-state index contributed by atoms with van der Waals surface area (Å²) in [6.07, 6.45) is 20.8. The largest absolute Gasteiger partial charge is 0.399 e.